The SMILES string of the molecule is CC(C)OC(=O)Oc1ccc(C(C(C)C(C)OC(=O)C(C)C)[C@H](N)C(=O)O)cc1OC(=O)OC(C)C. The number of benzene rings is 1. The molecular formula is C25H37NO10. The first-order valence-corrected chi connectivity index (χ1v) is 11.7. The van der Waals surface area contributed by atoms with Crippen molar-refractivity contribution >= 4 is 24.2 Å². The van der Waals surface area contributed by atoms with Gasteiger partial charge in [0.15, 0.2) is 11.5 Å². The van der Waals surface area contributed by atoms with Crippen LogP contribution in [0.1, 0.15) is 66.9 Å². The Hall–Kier alpha value is -3.34. The molecule has 1 rings (SSSR count). The van der Waals surface area contributed by atoms with Gasteiger partial charge in [-0.25, -0.2) is 9.59 Å². The van der Waals surface area contributed by atoms with Crippen molar-refractivity contribution in [3.63, 3.8) is 0 Å². The first-order valence-electron chi connectivity index (χ1n) is 11.7. The van der Waals surface area contributed by atoms with Crippen molar-refractivity contribution in [1.29, 1.82) is 0 Å². The second kappa shape index (κ2) is 13.7. The van der Waals surface area contributed by atoms with Crippen LogP contribution in [-0.4, -0.2) is 53.7 Å². The number of carboxylic acid groups (broad SMARTS) is 1. The lowest BCUT2D eigenvalue weighted by Crippen LogP contribution is -2.43. The minimum atomic E-state index is -1.40. The van der Waals surface area contributed by atoms with Gasteiger partial charge in [0, 0.05) is 11.8 Å². The summed E-state index contributed by atoms with van der Waals surface area (Å²) in [7, 11) is 0. The minimum absolute atomic E-state index is 0.153. The zero-order valence-electron chi connectivity index (χ0n) is 22.0. The third kappa shape index (κ3) is 9.37. The lowest BCUT2D eigenvalue weighted by Gasteiger charge is -2.32. The number of nitrogens with two attached hydrogens (primary N) is 1. The molecule has 11 nitrogen and oxygen atoms in total. The van der Waals surface area contributed by atoms with Crippen LogP contribution in [0.4, 0.5) is 9.59 Å². The van der Waals surface area contributed by atoms with E-state index in [0.717, 1.165) is 0 Å². The summed E-state index contributed by atoms with van der Waals surface area (Å²) in [6, 6.07) is 2.75. The number of ether oxygens (including phenoxy) is 5. The molecule has 4 atom stereocenters. The van der Waals surface area contributed by atoms with Crippen molar-refractivity contribution in [1.82, 2.24) is 0 Å². The molecule has 1 aromatic carbocycles. The molecule has 0 aliphatic carbocycles. The third-order valence-corrected chi connectivity index (χ3v) is 5.16. The molecule has 36 heavy (non-hydrogen) atoms. The van der Waals surface area contributed by atoms with Gasteiger partial charge in [-0.3, -0.25) is 9.59 Å². The molecule has 1 aromatic rings. The van der Waals surface area contributed by atoms with Crippen LogP contribution in [0.5, 0.6) is 11.5 Å². The summed E-state index contributed by atoms with van der Waals surface area (Å²) in [5.74, 6) is -3.90. The Morgan fingerprint density at radius 2 is 1.28 bits per heavy atom. The van der Waals surface area contributed by atoms with Crippen LogP contribution in [0.25, 0.3) is 0 Å². The first-order chi connectivity index (χ1) is 16.6. The molecule has 0 heterocycles. The van der Waals surface area contributed by atoms with Gasteiger partial charge in [-0.2, -0.15) is 0 Å². The Morgan fingerprint density at radius 3 is 1.72 bits per heavy atom. The molecule has 11 heteroatoms. The Labute approximate surface area is 211 Å². The predicted octanol–water partition coefficient (Wildman–Crippen LogP) is 4.25. The molecule has 3 N–H and O–H groups in total. The van der Waals surface area contributed by atoms with E-state index in [2.05, 4.69) is 0 Å². The van der Waals surface area contributed by atoms with Crippen molar-refractivity contribution in [2.75, 3.05) is 0 Å². The van der Waals surface area contributed by atoms with Crippen molar-refractivity contribution < 1.29 is 48.0 Å². The number of aliphatic carboxylic acids is 1. The van der Waals surface area contributed by atoms with Crippen LogP contribution in [-0.2, 0) is 23.8 Å². The molecule has 0 amide bonds. The second-order valence-corrected chi connectivity index (χ2v) is 9.29. The van der Waals surface area contributed by atoms with Crippen molar-refractivity contribution in [3.05, 3.63) is 23.8 Å². The second-order valence-electron chi connectivity index (χ2n) is 9.29. The van der Waals surface area contributed by atoms with E-state index in [1.807, 2.05) is 0 Å². The van der Waals surface area contributed by atoms with E-state index in [-0.39, 0.29) is 17.4 Å². The predicted molar refractivity (Wildman–Crippen MR) is 129 cm³/mol. The number of carbonyl (C=O) groups is 4. The number of carbonyl (C=O) groups excluding carboxylic acids is 3. The van der Waals surface area contributed by atoms with E-state index >= 15 is 0 Å². The Morgan fingerprint density at radius 1 is 0.778 bits per heavy atom. The summed E-state index contributed by atoms with van der Waals surface area (Å²) in [5, 5.41) is 9.66. The largest absolute Gasteiger partial charge is 0.514 e. The summed E-state index contributed by atoms with van der Waals surface area (Å²) < 4.78 is 25.9. The number of hydrogen-bond acceptors (Lipinski definition) is 10. The maximum Gasteiger partial charge on any atom is 0.514 e. The van der Waals surface area contributed by atoms with Crippen LogP contribution < -0.4 is 15.2 Å². The van der Waals surface area contributed by atoms with E-state index in [0.29, 0.717) is 5.56 Å². The third-order valence-electron chi connectivity index (χ3n) is 5.16. The van der Waals surface area contributed by atoms with Crippen LogP contribution >= 0.6 is 0 Å². The zero-order valence-corrected chi connectivity index (χ0v) is 22.0. The fourth-order valence-electron chi connectivity index (χ4n) is 3.22. The monoisotopic (exact) mass is 511 g/mol. The summed E-state index contributed by atoms with van der Waals surface area (Å²) in [4.78, 5) is 48.2. The quantitative estimate of drug-likeness (QED) is 0.248. The molecule has 0 radical (unpaired) electrons. The van der Waals surface area contributed by atoms with Gasteiger partial charge in [-0.05, 0) is 52.3 Å². The number of esters is 1. The van der Waals surface area contributed by atoms with Gasteiger partial charge in [0.2, 0.25) is 0 Å². The average molecular weight is 512 g/mol. The highest BCUT2D eigenvalue weighted by Gasteiger charge is 2.36. The molecule has 0 bridgehead atoms. The Kier molecular flexibility index (Phi) is 11.7. The van der Waals surface area contributed by atoms with Gasteiger partial charge >= 0.3 is 24.2 Å². The molecule has 0 aliphatic rings. The fourth-order valence-corrected chi connectivity index (χ4v) is 3.22. The number of hydrogen-bond donors (Lipinski definition) is 2. The maximum absolute atomic E-state index is 12.2. The molecule has 3 unspecified atom stereocenters. The average Bonchev–Trinajstić information content (AvgIpc) is 2.73. The fraction of sp³-hybridized carbons (Fsp3) is 0.600. The van der Waals surface area contributed by atoms with Crippen LogP contribution in [0.15, 0.2) is 18.2 Å². The van der Waals surface area contributed by atoms with E-state index in [9.17, 15) is 24.3 Å². The molecular weight excluding hydrogens is 474 g/mol. The summed E-state index contributed by atoms with van der Waals surface area (Å²) >= 11 is 0. The topological polar surface area (TPSA) is 161 Å². The molecule has 0 fully saturated rings. The lowest BCUT2D eigenvalue weighted by atomic mass is 9.79. The van der Waals surface area contributed by atoms with Crippen molar-refractivity contribution in [2.45, 2.75) is 85.7 Å². The van der Waals surface area contributed by atoms with Crippen LogP contribution in [0, 0.1) is 11.8 Å². The molecule has 0 spiro atoms. The van der Waals surface area contributed by atoms with E-state index in [1.54, 1.807) is 55.4 Å². The minimum Gasteiger partial charge on any atom is -0.480 e. The molecule has 202 valence electrons. The maximum atomic E-state index is 12.2. The van der Waals surface area contributed by atoms with E-state index < -0.39 is 60.4 Å². The van der Waals surface area contributed by atoms with Gasteiger partial charge in [-0.15, -0.1) is 0 Å². The van der Waals surface area contributed by atoms with Gasteiger partial charge in [0.25, 0.3) is 0 Å². The molecule has 0 aliphatic heterocycles. The van der Waals surface area contributed by atoms with E-state index in [1.165, 1.54) is 18.2 Å². The molecule has 0 saturated carbocycles. The zero-order chi connectivity index (χ0) is 27.7. The smallest absolute Gasteiger partial charge is 0.480 e. The summed E-state index contributed by atoms with van der Waals surface area (Å²) in [6.45, 7) is 13.2. The molecule has 0 saturated heterocycles. The van der Waals surface area contributed by atoms with E-state index in [4.69, 9.17) is 29.4 Å². The summed E-state index contributed by atoms with van der Waals surface area (Å²) in [6.07, 6.45) is -3.72. The number of carboxylic acids is 1. The van der Waals surface area contributed by atoms with Gasteiger partial charge in [0.05, 0.1) is 18.1 Å². The molecule has 0 aromatic heterocycles. The highest BCUT2D eigenvalue weighted by atomic mass is 16.7. The lowest BCUT2D eigenvalue weighted by molar-refractivity contribution is -0.155. The normalized spacial score (nSPS) is 14.6. The standard InChI is InChI=1S/C25H37NO10/c1-12(2)23(29)34-16(8)15(7)20(21(26)22(27)28)17-9-10-18(35-24(30)32-13(3)4)19(11-17)36-25(31)33-14(5)6/h9-16,20-21H,26H2,1-8H3,(H,27,28)/t15?,16?,20?,21-/m0/s1. The highest BCUT2D eigenvalue weighted by molar-refractivity contribution is 5.75. The van der Waals surface area contributed by atoms with Gasteiger partial charge in [0.1, 0.15) is 12.1 Å². The van der Waals surface area contributed by atoms with Crippen molar-refractivity contribution in [2.24, 2.45) is 17.6 Å². The van der Waals surface area contributed by atoms with Gasteiger partial charge < -0.3 is 34.5 Å². The first kappa shape index (κ1) is 30.7. The Balaban J connectivity index is 3.47. The Bertz CT molecular complexity index is 927. The highest BCUT2D eigenvalue weighted by Crippen LogP contribution is 2.37. The van der Waals surface area contributed by atoms with Crippen LogP contribution in [0.2, 0.25) is 0 Å². The number of rotatable bonds is 11. The summed E-state index contributed by atoms with van der Waals surface area (Å²) in [5.41, 5.74) is 6.38. The van der Waals surface area contributed by atoms with Gasteiger partial charge in [-0.1, -0.05) is 26.8 Å². The van der Waals surface area contributed by atoms with Crippen LogP contribution in [0.3, 0.4) is 0 Å². The van der Waals surface area contributed by atoms with Crippen molar-refractivity contribution in [3.8, 4) is 11.5 Å².